The number of esters is 1. The zero-order chi connectivity index (χ0) is 14.5. The van der Waals surface area contributed by atoms with Crippen molar-refractivity contribution in [3.63, 3.8) is 0 Å². The Morgan fingerprint density at radius 1 is 1.25 bits per heavy atom. The van der Waals surface area contributed by atoms with Crippen LogP contribution in [0.4, 0.5) is 0 Å². The van der Waals surface area contributed by atoms with Crippen molar-refractivity contribution in [2.24, 2.45) is 16.6 Å². The number of hydrogen-bond donors (Lipinski definition) is 2. The summed E-state index contributed by atoms with van der Waals surface area (Å²) in [6, 6.07) is 0. The Labute approximate surface area is 140 Å². The minimum atomic E-state index is -0.257. The predicted octanol–water partition coefficient (Wildman–Crippen LogP) is 2.68. The third-order valence-corrected chi connectivity index (χ3v) is 2.98. The van der Waals surface area contributed by atoms with Crippen molar-refractivity contribution in [3.05, 3.63) is 0 Å². The number of guanidine groups is 1. The molecule has 0 saturated heterocycles. The highest BCUT2D eigenvalue weighted by Crippen LogP contribution is 2.04. The van der Waals surface area contributed by atoms with E-state index < -0.39 is 0 Å². The number of nitrogens with zero attached hydrogens (tertiary/aromatic N) is 1. The summed E-state index contributed by atoms with van der Waals surface area (Å²) in [4.78, 5) is 15.3. The first-order valence-corrected chi connectivity index (χ1v) is 7.23. The first-order chi connectivity index (χ1) is 9.11. The molecule has 0 bridgehead atoms. The van der Waals surface area contributed by atoms with Gasteiger partial charge in [0, 0.05) is 6.54 Å². The fourth-order valence-electron chi connectivity index (χ4n) is 1.69. The zero-order valence-corrected chi connectivity index (χ0v) is 15.3. The van der Waals surface area contributed by atoms with E-state index in [1.54, 1.807) is 6.92 Å². The van der Waals surface area contributed by atoms with Gasteiger partial charge in [-0.05, 0) is 6.42 Å². The molecule has 0 aliphatic rings. The molecule has 0 aromatic heterocycles. The first kappa shape index (κ1) is 21.8. The number of unbranched alkanes of at least 4 members (excludes halogenated alkanes) is 5. The number of ether oxygens (including phenoxy) is 1. The van der Waals surface area contributed by atoms with Crippen LogP contribution in [0.5, 0.6) is 0 Å². The van der Waals surface area contributed by atoms with Crippen molar-refractivity contribution in [1.82, 2.24) is 5.32 Å². The molecule has 0 aromatic rings. The average molecular weight is 399 g/mol. The Morgan fingerprint density at radius 2 is 1.85 bits per heavy atom. The van der Waals surface area contributed by atoms with Gasteiger partial charge >= 0.3 is 5.97 Å². The van der Waals surface area contributed by atoms with Crippen molar-refractivity contribution in [3.8, 4) is 0 Å². The van der Waals surface area contributed by atoms with Crippen LogP contribution in [0.1, 0.15) is 52.4 Å². The lowest BCUT2D eigenvalue weighted by molar-refractivity contribution is -0.144. The van der Waals surface area contributed by atoms with Crippen molar-refractivity contribution >= 4 is 35.9 Å². The monoisotopic (exact) mass is 399 g/mol. The summed E-state index contributed by atoms with van der Waals surface area (Å²) in [5, 5.41) is 3.06. The highest BCUT2D eigenvalue weighted by molar-refractivity contribution is 14.0. The molecule has 0 aliphatic heterocycles. The van der Waals surface area contributed by atoms with Crippen LogP contribution in [0.3, 0.4) is 0 Å². The van der Waals surface area contributed by atoms with E-state index in [0.29, 0.717) is 12.5 Å². The summed E-state index contributed by atoms with van der Waals surface area (Å²) in [5.74, 6) is -0.101. The van der Waals surface area contributed by atoms with E-state index in [0.717, 1.165) is 13.0 Å². The van der Waals surface area contributed by atoms with E-state index in [1.165, 1.54) is 39.2 Å². The maximum Gasteiger partial charge on any atom is 0.310 e. The zero-order valence-electron chi connectivity index (χ0n) is 13.0. The summed E-state index contributed by atoms with van der Waals surface area (Å²) < 4.78 is 4.62. The van der Waals surface area contributed by atoms with Gasteiger partial charge in [-0.3, -0.25) is 9.79 Å². The number of aliphatic imine (C=N–C) groups is 1. The topological polar surface area (TPSA) is 76.7 Å². The van der Waals surface area contributed by atoms with Crippen LogP contribution >= 0.6 is 24.0 Å². The molecule has 0 fully saturated rings. The Morgan fingerprint density at radius 3 is 2.45 bits per heavy atom. The molecule has 0 radical (unpaired) electrons. The van der Waals surface area contributed by atoms with Gasteiger partial charge in [-0.25, -0.2) is 0 Å². The summed E-state index contributed by atoms with van der Waals surface area (Å²) in [7, 11) is 1.38. The van der Waals surface area contributed by atoms with Gasteiger partial charge in [0.15, 0.2) is 5.96 Å². The van der Waals surface area contributed by atoms with E-state index >= 15 is 0 Å². The molecule has 1 atom stereocenters. The molecule has 120 valence electrons. The molecule has 0 aliphatic carbocycles. The molecular weight excluding hydrogens is 369 g/mol. The van der Waals surface area contributed by atoms with Crippen LogP contribution in [0.15, 0.2) is 4.99 Å². The molecule has 0 aromatic carbocycles. The van der Waals surface area contributed by atoms with Gasteiger partial charge in [0.1, 0.15) is 0 Å². The first-order valence-electron chi connectivity index (χ1n) is 7.23. The molecule has 0 saturated carbocycles. The van der Waals surface area contributed by atoms with Crippen LogP contribution in [0.25, 0.3) is 0 Å². The second kappa shape index (κ2) is 14.9. The fraction of sp³-hybridized carbons (Fsp3) is 0.857. The summed E-state index contributed by atoms with van der Waals surface area (Å²) in [6.45, 7) is 5.19. The minimum Gasteiger partial charge on any atom is -0.469 e. The van der Waals surface area contributed by atoms with Crippen LogP contribution in [-0.4, -0.2) is 32.1 Å². The van der Waals surface area contributed by atoms with Crippen LogP contribution in [-0.2, 0) is 9.53 Å². The lowest BCUT2D eigenvalue weighted by Crippen LogP contribution is -2.33. The lowest BCUT2D eigenvalue weighted by Gasteiger charge is -2.08. The van der Waals surface area contributed by atoms with Gasteiger partial charge in [-0.15, -0.1) is 24.0 Å². The van der Waals surface area contributed by atoms with Gasteiger partial charge in [-0.1, -0.05) is 46.0 Å². The number of methoxy groups -OCH3 is 1. The second-order valence-corrected chi connectivity index (χ2v) is 4.84. The number of halogens is 1. The Bertz CT molecular complexity index is 273. The summed E-state index contributed by atoms with van der Waals surface area (Å²) in [6.07, 6.45) is 7.52. The van der Waals surface area contributed by atoms with Gasteiger partial charge in [0.2, 0.25) is 0 Å². The van der Waals surface area contributed by atoms with Crippen molar-refractivity contribution in [2.45, 2.75) is 52.4 Å². The van der Waals surface area contributed by atoms with Crippen LogP contribution in [0.2, 0.25) is 0 Å². The van der Waals surface area contributed by atoms with Crippen molar-refractivity contribution < 1.29 is 9.53 Å². The maximum absolute atomic E-state index is 11.2. The average Bonchev–Trinajstić information content (AvgIpc) is 2.42. The standard InChI is InChI=1S/C14H29N3O2.HI/c1-4-5-6-7-8-9-10-16-14(15)17-11-12(2)13(18)19-3;/h12H,4-11H2,1-3H3,(H3,15,16,17);1H. The smallest absolute Gasteiger partial charge is 0.310 e. The highest BCUT2D eigenvalue weighted by atomic mass is 127. The molecule has 5 nitrogen and oxygen atoms in total. The van der Waals surface area contributed by atoms with E-state index in [1.807, 2.05) is 0 Å². The van der Waals surface area contributed by atoms with Crippen molar-refractivity contribution in [2.75, 3.05) is 20.2 Å². The molecule has 0 amide bonds. The number of rotatable bonds is 10. The van der Waals surface area contributed by atoms with Crippen molar-refractivity contribution in [1.29, 1.82) is 0 Å². The molecule has 20 heavy (non-hydrogen) atoms. The molecule has 3 N–H and O–H groups in total. The molecule has 0 spiro atoms. The van der Waals surface area contributed by atoms with E-state index in [9.17, 15) is 4.79 Å². The minimum absolute atomic E-state index is 0. The van der Waals surface area contributed by atoms with Crippen LogP contribution in [0, 0.1) is 5.92 Å². The molecule has 1 unspecified atom stereocenters. The number of nitrogens with two attached hydrogens (primary N) is 1. The highest BCUT2D eigenvalue weighted by Gasteiger charge is 2.11. The van der Waals surface area contributed by atoms with E-state index in [4.69, 9.17) is 5.73 Å². The van der Waals surface area contributed by atoms with E-state index in [2.05, 4.69) is 22.0 Å². The number of carbonyl (C=O) groups is 1. The number of nitrogens with one attached hydrogen (secondary N) is 1. The Hall–Kier alpha value is -0.530. The Balaban J connectivity index is 0. The SMILES string of the molecule is CCCCCCCCNC(N)=NCC(C)C(=O)OC.I. The largest absolute Gasteiger partial charge is 0.469 e. The normalized spacial score (nSPS) is 12.4. The molecule has 0 rings (SSSR count). The fourth-order valence-corrected chi connectivity index (χ4v) is 1.69. The third kappa shape index (κ3) is 12.5. The summed E-state index contributed by atoms with van der Waals surface area (Å²) in [5.41, 5.74) is 5.71. The third-order valence-electron chi connectivity index (χ3n) is 2.98. The van der Waals surface area contributed by atoms with Gasteiger partial charge in [0.05, 0.1) is 19.6 Å². The molecule has 6 heteroatoms. The maximum atomic E-state index is 11.2. The number of carbonyl (C=O) groups excluding carboxylic acids is 1. The Kier molecular flexibility index (Phi) is 16.2. The quantitative estimate of drug-likeness (QED) is 0.195. The summed E-state index contributed by atoms with van der Waals surface area (Å²) >= 11 is 0. The van der Waals surface area contributed by atoms with Gasteiger partial charge < -0.3 is 15.8 Å². The van der Waals surface area contributed by atoms with Gasteiger partial charge in [-0.2, -0.15) is 0 Å². The second-order valence-electron chi connectivity index (χ2n) is 4.84. The lowest BCUT2D eigenvalue weighted by atomic mass is 10.1. The van der Waals surface area contributed by atoms with E-state index in [-0.39, 0.29) is 35.9 Å². The number of hydrogen-bond acceptors (Lipinski definition) is 3. The molecule has 0 heterocycles. The predicted molar refractivity (Wildman–Crippen MR) is 94.5 cm³/mol. The van der Waals surface area contributed by atoms with Crippen LogP contribution < -0.4 is 11.1 Å². The van der Waals surface area contributed by atoms with Gasteiger partial charge in [0.25, 0.3) is 0 Å². The molecular formula is C14H30IN3O2.